The van der Waals surface area contributed by atoms with Gasteiger partial charge in [0.2, 0.25) is 0 Å². The van der Waals surface area contributed by atoms with E-state index in [9.17, 15) is 4.79 Å². The van der Waals surface area contributed by atoms with Gasteiger partial charge in [-0.2, -0.15) is 0 Å². The van der Waals surface area contributed by atoms with Gasteiger partial charge in [-0.25, -0.2) is 9.78 Å². The standard InChI is InChI=1S/C14H15NO4S/c1-18-8-11-13(14(16)17)20-12(15-11)7-9-3-5-10(19-2)6-4-9/h3-6H,7-8H2,1-2H3,(H,16,17). The summed E-state index contributed by atoms with van der Waals surface area (Å²) < 4.78 is 10.1. The molecule has 0 unspecified atom stereocenters. The number of nitrogens with zero attached hydrogens (tertiary/aromatic N) is 1. The minimum Gasteiger partial charge on any atom is -0.497 e. The van der Waals surface area contributed by atoms with Gasteiger partial charge in [-0.05, 0) is 17.7 Å². The van der Waals surface area contributed by atoms with Gasteiger partial charge in [-0.3, -0.25) is 0 Å². The van der Waals surface area contributed by atoms with E-state index in [0.29, 0.717) is 12.1 Å². The number of carboxylic acid groups (broad SMARTS) is 1. The van der Waals surface area contributed by atoms with E-state index in [1.54, 1.807) is 7.11 Å². The molecule has 0 spiro atoms. The van der Waals surface area contributed by atoms with Crippen molar-refractivity contribution in [1.29, 1.82) is 0 Å². The van der Waals surface area contributed by atoms with E-state index in [1.165, 1.54) is 18.4 Å². The molecule has 6 heteroatoms. The molecule has 0 aliphatic heterocycles. The predicted octanol–water partition coefficient (Wildman–Crippen LogP) is 2.59. The average Bonchev–Trinajstić information content (AvgIpc) is 2.83. The summed E-state index contributed by atoms with van der Waals surface area (Å²) in [5.41, 5.74) is 1.54. The van der Waals surface area contributed by atoms with Crippen LogP contribution < -0.4 is 4.74 Å². The summed E-state index contributed by atoms with van der Waals surface area (Å²) in [7, 11) is 3.14. The monoisotopic (exact) mass is 293 g/mol. The lowest BCUT2D eigenvalue weighted by atomic mass is 10.1. The lowest BCUT2D eigenvalue weighted by molar-refractivity contribution is 0.0697. The van der Waals surface area contributed by atoms with Gasteiger partial charge >= 0.3 is 5.97 Å². The highest BCUT2D eigenvalue weighted by molar-refractivity contribution is 7.13. The third-order valence-electron chi connectivity index (χ3n) is 2.73. The number of carboxylic acids is 1. The van der Waals surface area contributed by atoms with E-state index < -0.39 is 5.97 Å². The van der Waals surface area contributed by atoms with Crippen LogP contribution >= 0.6 is 11.3 Å². The molecule has 5 nitrogen and oxygen atoms in total. The molecule has 1 heterocycles. The number of aromatic carboxylic acids is 1. The predicted molar refractivity (Wildman–Crippen MR) is 75.6 cm³/mol. The van der Waals surface area contributed by atoms with Crippen LogP contribution in [0.25, 0.3) is 0 Å². The lowest BCUT2D eigenvalue weighted by Gasteiger charge is -2.01. The molecule has 2 rings (SSSR count). The van der Waals surface area contributed by atoms with Crippen LogP contribution in [-0.2, 0) is 17.8 Å². The van der Waals surface area contributed by atoms with Gasteiger partial charge in [0.05, 0.1) is 24.4 Å². The van der Waals surface area contributed by atoms with Crippen LogP contribution in [0.2, 0.25) is 0 Å². The Morgan fingerprint density at radius 2 is 2.00 bits per heavy atom. The second kappa shape index (κ2) is 6.49. The van der Waals surface area contributed by atoms with Gasteiger partial charge in [-0.15, -0.1) is 11.3 Å². The summed E-state index contributed by atoms with van der Waals surface area (Å²) in [6.45, 7) is 0.209. The van der Waals surface area contributed by atoms with Crippen molar-refractivity contribution in [3.8, 4) is 5.75 Å². The van der Waals surface area contributed by atoms with Crippen LogP contribution in [0.5, 0.6) is 5.75 Å². The zero-order chi connectivity index (χ0) is 14.5. The van der Waals surface area contributed by atoms with Gasteiger partial charge in [0.1, 0.15) is 10.6 Å². The minimum atomic E-state index is -0.962. The van der Waals surface area contributed by atoms with Crippen molar-refractivity contribution < 1.29 is 19.4 Å². The van der Waals surface area contributed by atoms with Crippen molar-refractivity contribution >= 4 is 17.3 Å². The lowest BCUT2D eigenvalue weighted by Crippen LogP contribution is -1.99. The van der Waals surface area contributed by atoms with Gasteiger partial charge in [0.15, 0.2) is 0 Å². The Bertz CT molecular complexity index is 592. The van der Waals surface area contributed by atoms with Crippen molar-refractivity contribution in [2.45, 2.75) is 13.0 Å². The molecular formula is C14H15NO4S. The molecule has 0 fully saturated rings. The Kier molecular flexibility index (Phi) is 4.70. The van der Waals surface area contributed by atoms with Crippen LogP contribution in [0.1, 0.15) is 25.9 Å². The second-order valence-corrected chi connectivity index (χ2v) is 5.23. The van der Waals surface area contributed by atoms with Crippen LogP contribution in [-0.4, -0.2) is 30.3 Å². The molecule has 0 radical (unpaired) electrons. The number of ether oxygens (including phenoxy) is 2. The third kappa shape index (κ3) is 3.34. The minimum absolute atomic E-state index is 0.209. The van der Waals surface area contributed by atoms with Crippen molar-refractivity contribution in [2.75, 3.05) is 14.2 Å². The van der Waals surface area contributed by atoms with E-state index in [1.807, 2.05) is 24.3 Å². The summed E-state index contributed by atoms with van der Waals surface area (Å²) >= 11 is 1.19. The molecule has 1 aromatic carbocycles. The van der Waals surface area contributed by atoms with Crippen molar-refractivity contribution in [3.05, 3.63) is 45.4 Å². The number of hydrogen-bond donors (Lipinski definition) is 1. The maximum absolute atomic E-state index is 11.1. The Morgan fingerprint density at radius 3 is 2.55 bits per heavy atom. The zero-order valence-corrected chi connectivity index (χ0v) is 12.1. The maximum atomic E-state index is 11.1. The van der Waals surface area contributed by atoms with E-state index in [-0.39, 0.29) is 11.5 Å². The third-order valence-corrected chi connectivity index (χ3v) is 3.82. The van der Waals surface area contributed by atoms with Gasteiger partial charge in [0.25, 0.3) is 0 Å². The van der Waals surface area contributed by atoms with Crippen molar-refractivity contribution in [2.24, 2.45) is 0 Å². The maximum Gasteiger partial charge on any atom is 0.347 e. The van der Waals surface area contributed by atoms with E-state index in [2.05, 4.69) is 4.98 Å². The van der Waals surface area contributed by atoms with Crippen LogP contribution in [0.15, 0.2) is 24.3 Å². The van der Waals surface area contributed by atoms with Gasteiger partial charge in [-0.1, -0.05) is 12.1 Å². The number of carbonyl (C=O) groups is 1. The summed E-state index contributed by atoms with van der Waals surface area (Å²) in [5.74, 6) is -0.172. The van der Waals surface area contributed by atoms with E-state index in [0.717, 1.165) is 16.3 Å². The first kappa shape index (κ1) is 14.5. The Balaban J connectivity index is 2.19. The normalized spacial score (nSPS) is 10.5. The molecule has 0 saturated carbocycles. The number of thiazole rings is 1. The summed E-state index contributed by atoms with van der Waals surface area (Å²) in [6, 6.07) is 7.63. The molecule has 2 aromatic rings. The molecule has 1 N–H and O–H groups in total. The highest BCUT2D eigenvalue weighted by Crippen LogP contribution is 2.23. The molecule has 0 atom stereocenters. The fourth-order valence-electron chi connectivity index (χ4n) is 1.80. The molecule has 20 heavy (non-hydrogen) atoms. The fourth-order valence-corrected chi connectivity index (χ4v) is 2.74. The Morgan fingerprint density at radius 1 is 1.30 bits per heavy atom. The van der Waals surface area contributed by atoms with E-state index >= 15 is 0 Å². The number of aromatic nitrogens is 1. The molecule has 0 aliphatic carbocycles. The molecule has 0 aliphatic rings. The second-order valence-electron chi connectivity index (χ2n) is 4.15. The molecule has 1 aromatic heterocycles. The highest BCUT2D eigenvalue weighted by atomic mass is 32.1. The molecular weight excluding hydrogens is 278 g/mol. The number of benzene rings is 1. The Labute approximate surface area is 120 Å². The quantitative estimate of drug-likeness (QED) is 0.886. The smallest absolute Gasteiger partial charge is 0.347 e. The van der Waals surface area contributed by atoms with Crippen LogP contribution in [0, 0.1) is 0 Å². The first-order valence-corrected chi connectivity index (χ1v) is 6.79. The topological polar surface area (TPSA) is 68.7 Å². The van der Waals surface area contributed by atoms with Gasteiger partial charge < -0.3 is 14.6 Å². The summed E-state index contributed by atoms with van der Waals surface area (Å²) in [5, 5.41) is 9.90. The van der Waals surface area contributed by atoms with E-state index in [4.69, 9.17) is 14.6 Å². The molecule has 106 valence electrons. The first-order chi connectivity index (χ1) is 9.63. The van der Waals surface area contributed by atoms with Gasteiger partial charge in [0, 0.05) is 13.5 Å². The fraction of sp³-hybridized carbons (Fsp3) is 0.286. The Hall–Kier alpha value is -1.92. The van der Waals surface area contributed by atoms with Crippen molar-refractivity contribution in [1.82, 2.24) is 4.98 Å². The van der Waals surface area contributed by atoms with Crippen LogP contribution in [0.4, 0.5) is 0 Å². The number of methoxy groups -OCH3 is 2. The van der Waals surface area contributed by atoms with Crippen LogP contribution in [0.3, 0.4) is 0 Å². The summed E-state index contributed by atoms with van der Waals surface area (Å²) in [4.78, 5) is 15.7. The largest absolute Gasteiger partial charge is 0.497 e. The SMILES string of the molecule is COCc1nc(Cc2ccc(OC)cc2)sc1C(=O)O. The number of rotatable bonds is 6. The summed E-state index contributed by atoms with van der Waals surface area (Å²) in [6.07, 6.45) is 0.596. The highest BCUT2D eigenvalue weighted by Gasteiger charge is 2.17. The van der Waals surface area contributed by atoms with Crippen molar-refractivity contribution in [3.63, 3.8) is 0 Å². The molecule has 0 saturated heterocycles. The molecule has 0 bridgehead atoms. The first-order valence-electron chi connectivity index (χ1n) is 5.97. The molecule has 0 amide bonds. The zero-order valence-electron chi connectivity index (χ0n) is 11.3. The number of hydrogen-bond acceptors (Lipinski definition) is 5. The average molecular weight is 293 g/mol.